The van der Waals surface area contributed by atoms with Crippen LogP contribution < -0.4 is 10.6 Å². The molecule has 0 amide bonds. The average Bonchev–Trinajstić information content (AvgIpc) is 2.91. The van der Waals surface area contributed by atoms with Gasteiger partial charge in [-0.3, -0.25) is 0 Å². The van der Waals surface area contributed by atoms with Crippen LogP contribution in [-0.4, -0.2) is 50.0 Å². The first kappa shape index (κ1) is 22.6. The van der Waals surface area contributed by atoms with Crippen LogP contribution in [0.5, 0.6) is 0 Å². The van der Waals surface area contributed by atoms with E-state index in [2.05, 4.69) is 34.5 Å². The zero-order valence-electron chi connectivity index (χ0n) is 15.5. The lowest BCUT2D eigenvalue weighted by molar-refractivity contribution is -0.0320. The van der Waals surface area contributed by atoms with Gasteiger partial charge in [0.1, 0.15) is 5.01 Å². The van der Waals surface area contributed by atoms with E-state index in [9.17, 15) is 0 Å². The Morgan fingerprint density at radius 1 is 1.32 bits per heavy atom. The van der Waals surface area contributed by atoms with Crippen LogP contribution >= 0.6 is 35.3 Å². The molecule has 8 heteroatoms. The summed E-state index contributed by atoms with van der Waals surface area (Å²) < 4.78 is 11.2. The number of halogens is 1. The number of rotatable bonds is 8. The van der Waals surface area contributed by atoms with Gasteiger partial charge in [-0.05, 0) is 40.0 Å². The summed E-state index contributed by atoms with van der Waals surface area (Å²) in [5.41, 5.74) is 1.11. The Kier molecular flexibility index (Phi) is 11.6. The number of aromatic nitrogens is 1. The highest BCUT2D eigenvalue weighted by molar-refractivity contribution is 14.0. The Balaban J connectivity index is 0.00000312. The van der Waals surface area contributed by atoms with Gasteiger partial charge in [0, 0.05) is 37.8 Å². The summed E-state index contributed by atoms with van der Waals surface area (Å²) in [5.74, 6) is 0.842. The zero-order valence-corrected chi connectivity index (χ0v) is 18.6. The Hall–Kier alpha value is -0.450. The zero-order chi connectivity index (χ0) is 17.2. The van der Waals surface area contributed by atoms with Crippen molar-refractivity contribution in [2.45, 2.75) is 52.7 Å². The molecule has 2 rings (SSSR count). The van der Waals surface area contributed by atoms with Crippen LogP contribution in [0.25, 0.3) is 0 Å². The van der Waals surface area contributed by atoms with E-state index in [1.54, 1.807) is 11.3 Å². The van der Waals surface area contributed by atoms with Crippen LogP contribution in [0, 0.1) is 13.8 Å². The van der Waals surface area contributed by atoms with E-state index in [-0.39, 0.29) is 24.0 Å². The highest BCUT2D eigenvalue weighted by atomic mass is 127. The quantitative estimate of drug-likeness (QED) is 0.258. The molecule has 144 valence electrons. The maximum absolute atomic E-state index is 5.88. The number of ether oxygens (including phenoxy) is 2. The van der Waals surface area contributed by atoms with Gasteiger partial charge >= 0.3 is 0 Å². The van der Waals surface area contributed by atoms with E-state index in [4.69, 9.17) is 9.47 Å². The van der Waals surface area contributed by atoms with E-state index < -0.39 is 0 Å². The summed E-state index contributed by atoms with van der Waals surface area (Å²) in [5, 5.41) is 7.69. The molecular formula is C17H31IN4O2S. The van der Waals surface area contributed by atoms with Gasteiger partial charge in [-0.2, -0.15) is 0 Å². The second-order valence-electron chi connectivity index (χ2n) is 5.91. The third-order valence-corrected chi connectivity index (χ3v) is 4.98. The summed E-state index contributed by atoms with van der Waals surface area (Å²) in [6, 6.07) is 0. The number of aliphatic imine (C=N–C) groups is 1. The van der Waals surface area contributed by atoms with E-state index in [1.165, 1.54) is 4.88 Å². The molecule has 0 radical (unpaired) electrons. The molecule has 0 unspecified atom stereocenters. The van der Waals surface area contributed by atoms with Crippen molar-refractivity contribution in [3.63, 3.8) is 0 Å². The number of hydrogen-bond donors (Lipinski definition) is 2. The first-order valence-corrected chi connectivity index (χ1v) is 9.65. The standard InChI is InChI=1S/C17H30N4O2S.HI/c1-4-18-17(20-12-16-21-13(2)14(3)24-16)19-8-5-9-23-15-6-10-22-11-7-15;/h15H,4-12H2,1-3H3,(H2,18,19,20);1H. The molecule has 1 aliphatic rings. The van der Waals surface area contributed by atoms with Gasteiger partial charge in [-0.1, -0.05) is 0 Å². The van der Waals surface area contributed by atoms with Gasteiger partial charge in [0.25, 0.3) is 0 Å². The second kappa shape index (κ2) is 12.8. The molecule has 1 aliphatic heterocycles. The first-order chi connectivity index (χ1) is 11.7. The number of thiazole rings is 1. The maximum Gasteiger partial charge on any atom is 0.191 e. The van der Waals surface area contributed by atoms with Gasteiger partial charge in [0.15, 0.2) is 5.96 Å². The molecule has 0 aliphatic carbocycles. The fraction of sp³-hybridized carbons (Fsp3) is 0.765. The summed E-state index contributed by atoms with van der Waals surface area (Å²) in [4.78, 5) is 10.4. The van der Waals surface area contributed by atoms with Crippen LogP contribution in [0.4, 0.5) is 0 Å². The van der Waals surface area contributed by atoms with Gasteiger partial charge in [0.2, 0.25) is 0 Å². The molecule has 0 bridgehead atoms. The molecule has 25 heavy (non-hydrogen) atoms. The Bertz CT molecular complexity index is 499. The minimum absolute atomic E-state index is 0. The monoisotopic (exact) mass is 482 g/mol. The molecule has 2 heterocycles. The van der Waals surface area contributed by atoms with E-state index >= 15 is 0 Å². The largest absolute Gasteiger partial charge is 0.381 e. The lowest BCUT2D eigenvalue weighted by Gasteiger charge is -2.22. The normalized spacial score (nSPS) is 15.7. The van der Waals surface area contributed by atoms with E-state index in [0.717, 1.165) is 68.8 Å². The fourth-order valence-electron chi connectivity index (χ4n) is 2.47. The molecule has 6 nitrogen and oxygen atoms in total. The molecular weight excluding hydrogens is 451 g/mol. The fourth-order valence-corrected chi connectivity index (χ4v) is 3.33. The molecule has 2 N–H and O–H groups in total. The van der Waals surface area contributed by atoms with Crippen molar-refractivity contribution in [3.05, 3.63) is 15.6 Å². The van der Waals surface area contributed by atoms with Gasteiger partial charge < -0.3 is 20.1 Å². The molecule has 0 aromatic carbocycles. The summed E-state index contributed by atoms with van der Waals surface area (Å²) in [6.45, 7) is 11.0. The SMILES string of the molecule is CCNC(=NCc1nc(C)c(C)s1)NCCCOC1CCOCC1.I. The van der Waals surface area contributed by atoms with E-state index in [0.29, 0.717) is 12.6 Å². The van der Waals surface area contributed by atoms with Crippen molar-refractivity contribution in [2.75, 3.05) is 32.9 Å². The van der Waals surface area contributed by atoms with Crippen molar-refractivity contribution in [1.82, 2.24) is 15.6 Å². The summed E-state index contributed by atoms with van der Waals surface area (Å²) in [6.07, 6.45) is 3.38. The molecule has 0 spiro atoms. The topological polar surface area (TPSA) is 67.8 Å². The predicted molar refractivity (Wildman–Crippen MR) is 114 cm³/mol. The number of nitrogens with one attached hydrogen (secondary N) is 2. The Labute approximate surface area is 172 Å². The number of guanidine groups is 1. The second-order valence-corrected chi connectivity index (χ2v) is 7.19. The molecule has 1 aromatic rings. The van der Waals surface area contributed by atoms with Crippen molar-refractivity contribution >= 4 is 41.3 Å². The van der Waals surface area contributed by atoms with Gasteiger partial charge in [-0.25, -0.2) is 9.98 Å². The van der Waals surface area contributed by atoms with Gasteiger partial charge in [-0.15, -0.1) is 35.3 Å². The smallest absolute Gasteiger partial charge is 0.191 e. The van der Waals surface area contributed by atoms with E-state index in [1.807, 2.05) is 6.92 Å². The number of aryl methyl sites for hydroxylation is 2. The van der Waals surface area contributed by atoms with Crippen molar-refractivity contribution in [2.24, 2.45) is 4.99 Å². The number of nitrogens with zero attached hydrogens (tertiary/aromatic N) is 2. The molecule has 1 aromatic heterocycles. The first-order valence-electron chi connectivity index (χ1n) is 8.83. The van der Waals surface area contributed by atoms with Gasteiger partial charge in [0.05, 0.1) is 18.3 Å². The minimum Gasteiger partial charge on any atom is -0.381 e. The lowest BCUT2D eigenvalue weighted by atomic mass is 10.1. The lowest BCUT2D eigenvalue weighted by Crippen LogP contribution is -2.38. The highest BCUT2D eigenvalue weighted by Crippen LogP contribution is 2.16. The third kappa shape index (κ3) is 8.65. The molecule has 0 atom stereocenters. The van der Waals surface area contributed by atoms with Crippen molar-refractivity contribution in [3.8, 4) is 0 Å². The third-order valence-electron chi connectivity index (χ3n) is 3.92. The predicted octanol–water partition coefficient (Wildman–Crippen LogP) is 3.02. The van der Waals surface area contributed by atoms with Crippen LogP contribution in [0.3, 0.4) is 0 Å². The van der Waals surface area contributed by atoms with Crippen molar-refractivity contribution in [1.29, 1.82) is 0 Å². The van der Waals surface area contributed by atoms with Crippen LogP contribution in [0.1, 0.15) is 41.8 Å². The summed E-state index contributed by atoms with van der Waals surface area (Å²) in [7, 11) is 0. The van der Waals surface area contributed by atoms with Crippen LogP contribution in [-0.2, 0) is 16.0 Å². The highest BCUT2D eigenvalue weighted by Gasteiger charge is 2.13. The van der Waals surface area contributed by atoms with Crippen LogP contribution in [0.2, 0.25) is 0 Å². The van der Waals surface area contributed by atoms with Crippen molar-refractivity contribution < 1.29 is 9.47 Å². The maximum atomic E-state index is 5.88. The molecule has 1 fully saturated rings. The average molecular weight is 482 g/mol. The Morgan fingerprint density at radius 2 is 2.08 bits per heavy atom. The minimum atomic E-state index is 0. The molecule has 0 saturated carbocycles. The Morgan fingerprint density at radius 3 is 2.72 bits per heavy atom. The number of hydrogen-bond acceptors (Lipinski definition) is 5. The van der Waals surface area contributed by atoms with Crippen LogP contribution in [0.15, 0.2) is 4.99 Å². The summed E-state index contributed by atoms with van der Waals surface area (Å²) >= 11 is 1.72. The molecule has 1 saturated heterocycles.